The van der Waals surface area contributed by atoms with Crippen molar-refractivity contribution in [3.8, 4) is 0 Å². The minimum absolute atomic E-state index is 0.0873. The quantitative estimate of drug-likeness (QED) is 0.883. The van der Waals surface area contributed by atoms with Crippen molar-refractivity contribution in [3.05, 3.63) is 64.7 Å². The molecule has 1 aliphatic rings. The van der Waals surface area contributed by atoms with Gasteiger partial charge in [-0.1, -0.05) is 6.07 Å². The molecule has 1 fully saturated rings. The molecule has 0 aromatic heterocycles. The van der Waals surface area contributed by atoms with Gasteiger partial charge in [0.2, 0.25) is 5.91 Å². The third-order valence-corrected chi connectivity index (χ3v) is 4.74. The van der Waals surface area contributed by atoms with Crippen LogP contribution in [0.3, 0.4) is 0 Å². The van der Waals surface area contributed by atoms with Gasteiger partial charge < -0.3 is 10.2 Å². The van der Waals surface area contributed by atoms with E-state index in [2.05, 4.69) is 5.32 Å². The van der Waals surface area contributed by atoms with Crippen LogP contribution in [0.4, 0.5) is 14.5 Å². The lowest BCUT2D eigenvalue weighted by Crippen LogP contribution is -2.43. The van der Waals surface area contributed by atoms with Crippen LogP contribution < -0.4 is 5.32 Å². The number of amides is 2. The highest BCUT2D eigenvalue weighted by Crippen LogP contribution is 2.22. The van der Waals surface area contributed by atoms with Gasteiger partial charge in [-0.05, 0) is 68.1 Å². The standard InChI is InChI=1S/C21H22F2N2O2/c1-13-8-14(2)10-17(9-13)24-20(26)16-4-3-7-25(12-16)21(27)15-5-6-18(22)19(23)11-15/h5-6,8-11,16H,3-4,7,12H2,1-2H3,(H,24,26)/t16-/m1/s1. The normalized spacial score (nSPS) is 16.9. The Kier molecular flexibility index (Phi) is 5.54. The second-order valence-electron chi connectivity index (χ2n) is 7.08. The summed E-state index contributed by atoms with van der Waals surface area (Å²) in [6.07, 6.45) is 1.36. The first-order chi connectivity index (χ1) is 12.8. The summed E-state index contributed by atoms with van der Waals surface area (Å²) in [5.74, 6) is -2.91. The van der Waals surface area contributed by atoms with E-state index in [9.17, 15) is 18.4 Å². The molecule has 0 saturated carbocycles. The van der Waals surface area contributed by atoms with Gasteiger partial charge in [-0.2, -0.15) is 0 Å². The van der Waals surface area contributed by atoms with E-state index in [0.717, 1.165) is 28.9 Å². The molecular weight excluding hydrogens is 350 g/mol. The molecule has 1 atom stereocenters. The van der Waals surface area contributed by atoms with E-state index in [4.69, 9.17) is 0 Å². The Hall–Kier alpha value is -2.76. The molecule has 4 nitrogen and oxygen atoms in total. The lowest BCUT2D eigenvalue weighted by molar-refractivity contribution is -0.121. The van der Waals surface area contributed by atoms with Gasteiger partial charge in [-0.15, -0.1) is 0 Å². The Morgan fingerprint density at radius 3 is 2.41 bits per heavy atom. The van der Waals surface area contributed by atoms with Gasteiger partial charge in [0, 0.05) is 24.3 Å². The third kappa shape index (κ3) is 4.51. The lowest BCUT2D eigenvalue weighted by atomic mass is 9.96. The van der Waals surface area contributed by atoms with Crippen molar-refractivity contribution in [1.82, 2.24) is 4.90 Å². The summed E-state index contributed by atoms with van der Waals surface area (Å²) in [4.78, 5) is 26.7. The minimum atomic E-state index is -1.05. The maximum Gasteiger partial charge on any atom is 0.253 e. The first-order valence-electron chi connectivity index (χ1n) is 8.97. The number of likely N-dealkylation sites (tertiary alicyclic amines) is 1. The molecule has 3 rings (SSSR count). The van der Waals surface area contributed by atoms with Crippen LogP contribution in [-0.4, -0.2) is 29.8 Å². The summed E-state index contributed by atoms with van der Waals surface area (Å²) in [5.41, 5.74) is 2.94. The number of carbonyl (C=O) groups is 2. The molecule has 1 N–H and O–H groups in total. The summed E-state index contributed by atoms with van der Waals surface area (Å²) in [6, 6.07) is 8.93. The van der Waals surface area contributed by atoms with Crippen LogP contribution in [0.15, 0.2) is 36.4 Å². The van der Waals surface area contributed by atoms with Gasteiger partial charge in [-0.25, -0.2) is 8.78 Å². The van der Waals surface area contributed by atoms with Gasteiger partial charge in [0.25, 0.3) is 5.91 Å². The molecule has 2 aromatic carbocycles. The predicted molar refractivity (Wildman–Crippen MR) is 99.5 cm³/mol. The highest BCUT2D eigenvalue weighted by atomic mass is 19.2. The minimum Gasteiger partial charge on any atom is -0.338 e. The highest BCUT2D eigenvalue weighted by molar-refractivity contribution is 5.96. The summed E-state index contributed by atoms with van der Waals surface area (Å²) in [5, 5.41) is 2.92. The van der Waals surface area contributed by atoms with Crippen molar-refractivity contribution in [3.63, 3.8) is 0 Å². The van der Waals surface area contributed by atoms with E-state index in [0.29, 0.717) is 19.4 Å². The number of anilines is 1. The van der Waals surface area contributed by atoms with Crippen LogP contribution in [0.1, 0.15) is 34.3 Å². The highest BCUT2D eigenvalue weighted by Gasteiger charge is 2.29. The molecule has 0 radical (unpaired) electrons. The SMILES string of the molecule is Cc1cc(C)cc(NC(=O)[C@@H]2CCCN(C(=O)c3ccc(F)c(F)c3)C2)c1. The average molecular weight is 372 g/mol. The molecule has 2 aromatic rings. The number of benzene rings is 2. The predicted octanol–water partition coefficient (Wildman–Crippen LogP) is 4.07. The van der Waals surface area contributed by atoms with Crippen molar-refractivity contribution >= 4 is 17.5 Å². The van der Waals surface area contributed by atoms with Crippen LogP contribution >= 0.6 is 0 Å². The molecule has 1 aliphatic heterocycles. The largest absolute Gasteiger partial charge is 0.338 e. The fourth-order valence-electron chi connectivity index (χ4n) is 3.48. The van der Waals surface area contributed by atoms with Gasteiger partial charge in [0.15, 0.2) is 11.6 Å². The van der Waals surface area contributed by atoms with E-state index < -0.39 is 17.5 Å². The number of hydrogen-bond acceptors (Lipinski definition) is 2. The first-order valence-corrected chi connectivity index (χ1v) is 8.97. The molecule has 1 heterocycles. The maximum absolute atomic E-state index is 13.4. The van der Waals surface area contributed by atoms with Gasteiger partial charge >= 0.3 is 0 Å². The average Bonchev–Trinajstić information content (AvgIpc) is 2.62. The van der Waals surface area contributed by atoms with E-state index in [1.807, 2.05) is 32.0 Å². The van der Waals surface area contributed by atoms with Crippen LogP contribution in [0.2, 0.25) is 0 Å². The first kappa shape index (κ1) is 19.0. The van der Waals surface area contributed by atoms with E-state index in [1.165, 1.54) is 11.0 Å². The van der Waals surface area contributed by atoms with Crippen molar-refractivity contribution in [2.45, 2.75) is 26.7 Å². The zero-order valence-corrected chi connectivity index (χ0v) is 15.4. The Labute approximate surface area is 157 Å². The number of carbonyl (C=O) groups excluding carboxylic acids is 2. The van der Waals surface area contributed by atoms with Crippen molar-refractivity contribution in [1.29, 1.82) is 0 Å². The van der Waals surface area contributed by atoms with Crippen molar-refractivity contribution < 1.29 is 18.4 Å². The number of rotatable bonds is 3. The Morgan fingerprint density at radius 2 is 1.74 bits per heavy atom. The number of piperidine rings is 1. The van der Waals surface area contributed by atoms with E-state index >= 15 is 0 Å². The molecule has 1 saturated heterocycles. The fourth-order valence-corrected chi connectivity index (χ4v) is 3.48. The van der Waals surface area contributed by atoms with Crippen molar-refractivity contribution in [2.75, 3.05) is 18.4 Å². The molecule has 0 unspecified atom stereocenters. The fraction of sp³-hybridized carbons (Fsp3) is 0.333. The number of aryl methyl sites for hydroxylation is 2. The molecule has 2 amide bonds. The van der Waals surface area contributed by atoms with Gasteiger partial charge in [0.1, 0.15) is 0 Å². The molecule has 0 aliphatic carbocycles. The number of hydrogen-bond donors (Lipinski definition) is 1. The number of nitrogens with zero attached hydrogens (tertiary/aromatic N) is 1. The van der Waals surface area contributed by atoms with Gasteiger partial charge in [-0.3, -0.25) is 9.59 Å². The van der Waals surface area contributed by atoms with E-state index in [1.54, 1.807) is 0 Å². The lowest BCUT2D eigenvalue weighted by Gasteiger charge is -2.32. The molecule has 27 heavy (non-hydrogen) atoms. The molecule has 142 valence electrons. The molecule has 0 spiro atoms. The molecular formula is C21H22F2N2O2. The van der Waals surface area contributed by atoms with Crippen LogP contribution in [-0.2, 0) is 4.79 Å². The Bertz CT molecular complexity index is 862. The Balaban J connectivity index is 1.68. The van der Waals surface area contributed by atoms with Crippen molar-refractivity contribution in [2.24, 2.45) is 5.92 Å². The topological polar surface area (TPSA) is 49.4 Å². The van der Waals surface area contributed by atoms with E-state index in [-0.39, 0.29) is 23.9 Å². The summed E-state index contributed by atoms with van der Waals surface area (Å²) in [6.45, 7) is 4.68. The summed E-state index contributed by atoms with van der Waals surface area (Å²) >= 11 is 0. The summed E-state index contributed by atoms with van der Waals surface area (Å²) in [7, 11) is 0. The van der Waals surface area contributed by atoms with Crippen LogP contribution in [0.25, 0.3) is 0 Å². The number of halogens is 2. The van der Waals surface area contributed by atoms with Crippen LogP contribution in [0.5, 0.6) is 0 Å². The second kappa shape index (κ2) is 7.86. The number of nitrogens with one attached hydrogen (secondary N) is 1. The monoisotopic (exact) mass is 372 g/mol. The third-order valence-electron chi connectivity index (χ3n) is 4.74. The Morgan fingerprint density at radius 1 is 1.04 bits per heavy atom. The summed E-state index contributed by atoms with van der Waals surface area (Å²) < 4.78 is 26.5. The maximum atomic E-state index is 13.4. The van der Waals surface area contributed by atoms with Gasteiger partial charge in [0.05, 0.1) is 5.92 Å². The smallest absolute Gasteiger partial charge is 0.253 e. The zero-order valence-electron chi connectivity index (χ0n) is 15.4. The second-order valence-corrected chi connectivity index (χ2v) is 7.08. The van der Waals surface area contributed by atoms with Crippen LogP contribution in [0, 0.1) is 31.4 Å². The molecule has 6 heteroatoms. The zero-order chi connectivity index (χ0) is 19.6. The molecule has 0 bridgehead atoms.